The van der Waals surface area contributed by atoms with E-state index in [2.05, 4.69) is 44.1 Å². The molecule has 0 saturated heterocycles. The van der Waals surface area contributed by atoms with E-state index in [4.69, 9.17) is 0 Å². The lowest BCUT2D eigenvalue weighted by Gasteiger charge is -2.17. The van der Waals surface area contributed by atoms with Gasteiger partial charge in [-0.3, -0.25) is 0 Å². The zero-order valence-electron chi connectivity index (χ0n) is 18.4. The molecule has 0 spiro atoms. The van der Waals surface area contributed by atoms with Crippen LogP contribution in [-0.4, -0.2) is 65.9 Å². The zero-order valence-corrected chi connectivity index (χ0v) is 19.2. The fourth-order valence-electron chi connectivity index (χ4n) is 3.24. The van der Waals surface area contributed by atoms with Gasteiger partial charge in [0.2, 0.25) is 10.0 Å². The van der Waals surface area contributed by atoms with Crippen LogP contribution in [0, 0.1) is 6.92 Å². The molecule has 3 aromatic rings. The van der Waals surface area contributed by atoms with Crippen LogP contribution in [0.2, 0.25) is 0 Å². The number of rotatable bonds is 12. The molecule has 0 aliphatic rings. The summed E-state index contributed by atoms with van der Waals surface area (Å²) in [4.78, 5) is 2.63. The predicted octanol–water partition coefficient (Wildman–Crippen LogP) is 2.10. The normalized spacial score (nSPS) is 12.0. The van der Waals surface area contributed by atoms with Crippen LogP contribution in [0.15, 0.2) is 41.3 Å². The molecule has 31 heavy (non-hydrogen) atoms. The third kappa shape index (κ3) is 6.22. The molecule has 0 aliphatic carbocycles. The topological polar surface area (TPSA) is 105 Å². The molecule has 0 amide bonds. The minimum atomic E-state index is -3.56. The van der Waals surface area contributed by atoms with Crippen molar-refractivity contribution in [3.63, 3.8) is 0 Å². The highest BCUT2D eigenvalue weighted by Gasteiger charge is 2.14. The molecule has 0 radical (unpaired) electrons. The summed E-state index contributed by atoms with van der Waals surface area (Å²) in [5.74, 6) is 1.35. The van der Waals surface area contributed by atoms with Gasteiger partial charge in [0, 0.05) is 19.5 Å². The molecule has 0 fully saturated rings. The minimum Gasteiger partial charge on any atom is -0.369 e. The second-order valence-electron chi connectivity index (χ2n) is 7.37. The lowest BCUT2D eigenvalue weighted by molar-refractivity contribution is 0.303. The Morgan fingerprint density at radius 3 is 2.45 bits per heavy atom. The van der Waals surface area contributed by atoms with Crippen LogP contribution in [0.5, 0.6) is 0 Å². The van der Waals surface area contributed by atoms with Gasteiger partial charge in [-0.15, -0.1) is 15.3 Å². The standard InChI is InChI=1S/C21H31N7O2S/c1-4-27(5-2)16-6-14-22-19-11-12-20-24-25-21(28(20)26-19)13-15-23-31(29,30)18-9-7-17(3)8-10-18/h7-12,23H,4-6,13-16H2,1-3H3,(H,22,26). The second kappa shape index (κ2) is 10.7. The Morgan fingerprint density at radius 2 is 1.74 bits per heavy atom. The maximum Gasteiger partial charge on any atom is 0.240 e. The molecule has 0 atom stereocenters. The first kappa shape index (κ1) is 23.1. The van der Waals surface area contributed by atoms with E-state index in [1.54, 1.807) is 28.8 Å². The lowest BCUT2D eigenvalue weighted by Crippen LogP contribution is -2.26. The highest BCUT2D eigenvalue weighted by Crippen LogP contribution is 2.11. The summed E-state index contributed by atoms with van der Waals surface area (Å²) in [6.45, 7) is 10.4. The smallest absolute Gasteiger partial charge is 0.240 e. The van der Waals surface area contributed by atoms with E-state index in [0.29, 0.717) is 17.9 Å². The number of anilines is 1. The number of hydrogen-bond acceptors (Lipinski definition) is 7. The Hall–Kier alpha value is -2.56. The number of sulfonamides is 1. The largest absolute Gasteiger partial charge is 0.369 e. The molecular weight excluding hydrogens is 414 g/mol. The van der Waals surface area contributed by atoms with E-state index >= 15 is 0 Å². The van der Waals surface area contributed by atoms with E-state index in [-0.39, 0.29) is 11.4 Å². The first-order valence-electron chi connectivity index (χ1n) is 10.7. The fourth-order valence-corrected chi connectivity index (χ4v) is 4.27. The van der Waals surface area contributed by atoms with Crippen molar-refractivity contribution in [1.29, 1.82) is 0 Å². The number of nitrogens with one attached hydrogen (secondary N) is 2. The van der Waals surface area contributed by atoms with E-state index in [1.165, 1.54) is 0 Å². The van der Waals surface area contributed by atoms with Crippen LogP contribution in [0.1, 0.15) is 31.7 Å². The first-order chi connectivity index (χ1) is 14.9. The number of aromatic nitrogens is 4. The minimum absolute atomic E-state index is 0.209. The van der Waals surface area contributed by atoms with Gasteiger partial charge in [0.25, 0.3) is 0 Å². The summed E-state index contributed by atoms with van der Waals surface area (Å²) < 4.78 is 29.2. The first-order valence-corrected chi connectivity index (χ1v) is 12.1. The molecule has 10 heteroatoms. The highest BCUT2D eigenvalue weighted by molar-refractivity contribution is 7.89. The van der Waals surface area contributed by atoms with Gasteiger partial charge in [0.15, 0.2) is 11.5 Å². The maximum atomic E-state index is 12.4. The molecule has 168 valence electrons. The Balaban J connectivity index is 1.57. The maximum absolute atomic E-state index is 12.4. The van der Waals surface area contributed by atoms with Crippen molar-refractivity contribution in [2.75, 3.05) is 38.0 Å². The monoisotopic (exact) mass is 445 g/mol. The van der Waals surface area contributed by atoms with E-state index in [1.807, 2.05) is 19.1 Å². The molecule has 9 nitrogen and oxygen atoms in total. The molecule has 2 N–H and O–H groups in total. The van der Waals surface area contributed by atoms with Crippen molar-refractivity contribution in [1.82, 2.24) is 29.4 Å². The van der Waals surface area contributed by atoms with E-state index in [9.17, 15) is 8.42 Å². The van der Waals surface area contributed by atoms with Gasteiger partial charge in [-0.2, -0.15) is 4.52 Å². The van der Waals surface area contributed by atoms with Crippen LogP contribution in [-0.2, 0) is 16.4 Å². The van der Waals surface area contributed by atoms with Crippen LogP contribution in [0.4, 0.5) is 5.82 Å². The summed E-state index contributed by atoms with van der Waals surface area (Å²) in [5.41, 5.74) is 1.64. The third-order valence-corrected chi connectivity index (χ3v) is 6.63. The van der Waals surface area contributed by atoms with Crippen LogP contribution in [0.3, 0.4) is 0 Å². The van der Waals surface area contributed by atoms with Crippen molar-refractivity contribution in [3.05, 3.63) is 47.8 Å². The van der Waals surface area contributed by atoms with Crippen molar-refractivity contribution >= 4 is 21.5 Å². The Labute approximate surface area is 183 Å². The number of nitrogens with zero attached hydrogens (tertiary/aromatic N) is 5. The molecule has 0 unspecified atom stereocenters. The quantitative estimate of drug-likeness (QED) is 0.411. The highest BCUT2D eigenvalue weighted by atomic mass is 32.2. The number of hydrogen-bond donors (Lipinski definition) is 2. The third-order valence-electron chi connectivity index (χ3n) is 5.15. The van der Waals surface area contributed by atoms with Crippen molar-refractivity contribution in [3.8, 4) is 0 Å². The van der Waals surface area contributed by atoms with Crippen LogP contribution >= 0.6 is 0 Å². The number of aryl methyl sites for hydroxylation is 1. The van der Waals surface area contributed by atoms with Gasteiger partial charge >= 0.3 is 0 Å². The summed E-state index contributed by atoms with van der Waals surface area (Å²) in [5, 5.41) is 16.2. The summed E-state index contributed by atoms with van der Waals surface area (Å²) in [6.07, 6.45) is 1.40. The Bertz CT molecular complexity index is 1080. The predicted molar refractivity (Wildman–Crippen MR) is 122 cm³/mol. The van der Waals surface area contributed by atoms with E-state index < -0.39 is 10.0 Å². The Kier molecular flexibility index (Phi) is 7.94. The molecule has 0 aliphatic heterocycles. The number of benzene rings is 1. The number of fused-ring (bicyclic) bond motifs is 1. The zero-order chi connectivity index (χ0) is 22.3. The molecule has 0 saturated carbocycles. The molecule has 2 heterocycles. The van der Waals surface area contributed by atoms with Gasteiger partial charge in [0.05, 0.1) is 4.90 Å². The van der Waals surface area contributed by atoms with Crippen LogP contribution in [0.25, 0.3) is 5.65 Å². The lowest BCUT2D eigenvalue weighted by atomic mass is 10.2. The summed E-state index contributed by atoms with van der Waals surface area (Å²) in [7, 11) is -3.56. The molecular formula is C21H31N7O2S. The van der Waals surface area contributed by atoms with Gasteiger partial charge in [0.1, 0.15) is 5.82 Å². The molecule has 3 rings (SSSR count). The molecule has 1 aromatic carbocycles. The van der Waals surface area contributed by atoms with Gasteiger partial charge in [-0.05, 0) is 57.2 Å². The summed E-state index contributed by atoms with van der Waals surface area (Å²) >= 11 is 0. The van der Waals surface area contributed by atoms with Crippen molar-refractivity contribution in [2.45, 2.75) is 38.5 Å². The second-order valence-corrected chi connectivity index (χ2v) is 9.14. The van der Waals surface area contributed by atoms with Gasteiger partial charge in [-0.25, -0.2) is 13.1 Å². The SMILES string of the molecule is CCN(CC)CCCNc1ccc2nnc(CCNS(=O)(=O)c3ccc(C)cc3)n2n1. The van der Waals surface area contributed by atoms with Crippen LogP contribution < -0.4 is 10.0 Å². The Morgan fingerprint density at radius 1 is 1.00 bits per heavy atom. The van der Waals surface area contributed by atoms with Gasteiger partial charge in [-0.1, -0.05) is 31.5 Å². The van der Waals surface area contributed by atoms with Gasteiger partial charge < -0.3 is 10.2 Å². The van der Waals surface area contributed by atoms with Crippen molar-refractivity contribution < 1.29 is 8.42 Å². The van der Waals surface area contributed by atoms with Crippen molar-refractivity contribution in [2.24, 2.45) is 0 Å². The fraction of sp³-hybridized carbons (Fsp3) is 0.476. The molecule has 0 bridgehead atoms. The average Bonchev–Trinajstić information content (AvgIpc) is 3.16. The average molecular weight is 446 g/mol. The van der Waals surface area contributed by atoms with E-state index in [0.717, 1.165) is 44.0 Å². The summed E-state index contributed by atoms with van der Waals surface area (Å²) in [6, 6.07) is 10.5. The molecule has 2 aromatic heterocycles.